The summed E-state index contributed by atoms with van der Waals surface area (Å²) in [4.78, 5) is 34.4. The summed E-state index contributed by atoms with van der Waals surface area (Å²) in [6.45, 7) is 3.56. The van der Waals surface area contributed by atoms with Crippen LogP contribution >= 0.6 is 0 Å². The van der Waals surface area contributed by atoms with E-state index in [1.807, 2.05) is 0 Å². The molecule has 0 bridgehead atoms. The summed E-state index contributed by atoms with van der Waals surface area (Å²) >= 11 is 0. The van der Waals surface area contributed by atoms with Crippen LogP contribution < -0.4 is 10.1 Å². The Morgan fingerprint density at radius 3 is 2.31 bits per heavy atom. The van der Waals surface area contributed by atoms with Gasteiger partial charge in [-0.2, -0.15) is 4.31 Å². The molecule has 2 aromatic rings. The van der Waals surface area contributed by atoms with Gasteiger partial charge in [0.15, 0.2) is 11.9 Å². The second-order valence-electron chi connectivity index (χ2n) is 7.38. The summed E-state index contributed by atoms with van der Waals surface area (Å²) in [5.41, 5.74) is 0.279. The number of nitro groups is 1. The number of hydrogen-bond acceptors (Lipinski definition) is 7. The lowest BCUT2D eigenvalue weighted by Gasteiger charge is -2.17. The van der Waals surface area contributed by atoms with Gasteiger partial charge in [-0.05, 0) is 56.2 Å². The van der Waals surface area contributed by atoms with Gasteiger partial charge in [0.05, 0.1) is 9.82 Å². The maximum absolute atomic E-state index is 12.7. The Kier molecular flexibility index (Phi) is 6.90. The van der Waals surface area contributed by atoms with E-state index in [2.05, 4.69) is 5.32 Å². The lowest BCUT2D eigenvalue weighted by molar-refractivity contribution is -0.386. The van der Waals surface area contributed by atoms with E-state index >= 15 is 0 Å². The second kappa shape index (κ2) is 9.45. The molecular formula is C21H23N3O7S. The number of rotatable bonds is 8. The molecule has 0 aliphatic carbocycles. The Hall–Kier alpha value is -3.31. The number of anilines is 1. The van der Waals surface area contributed by atoms with Gasteiger partial charge in [0.2, 0.25) is 21.7 Å². The number of hydrogen-bond donors (Lipinski definition) is 1. The van der Waals surface area contributed by atoms with Crippen LogP contribution in [0.1, 0.15) is 37.0 Å². The monoisotopic (exact) mass is 461 g/mol. The lowest BCUT2D eigenvalue weighted by Crippen LogP contribution is -2.28. The SMILES string of the molecule is CC(=O)Nc1ccc(C(=O)[C@H](C)Oc2ccc(S(=O)(=O)N3CCCC3)cc2[N+](=O)[O-])cc1. The third-order valence-corrected chi connectivity index (χ3v) is 6.89. The van der Waals surface area contributed by atoms with Gasteiger partial charge in [-0.3, -0.25) is 19.7 Å². The molecule has 1 amide bonds. The Morgan fingerprint density at radius 1 is 1.12 bits per heavy atom. The van der Waals surface area contributed by atoms with Crippen molar-refractivity contribution in [3.63, 3.8) is 0 Å². The predicted molar refractivity (Wildman–Crippen MR) is 116 cm³/mol. The normalized spacial score (nSPS) is 15.2. The van der Waals surface area contributed by atoms with Crippen LogP contribution in [0.4, 0.5) is 11.4 Å². The van der Waals surface area contributed by atoms with Gasteiger partial charge in [-0.1, -0.05) is 0 Å². The maximum Gasteiger partial charge on any atom is 0.312 e. The number of carbonyl (C=O) groups excluding carboxylic acids is 2. The molecule has 11 heteroatoms. The van der Waals surface area contributed by atoms with Gasteiger partial charge >= 0.3 is 5.69 Å². The third-order valence-electron chi connectivity index (χ3n) is 4.99. The molecule has 0 radical (unpaired) electrons. The molecule has 0 aromatic heterocycles. The molecule has 1 saturated heterocycles. The quantitative estimate of drug-likeness (QED) is 0.362. The maximum atomic E-state index is 12.7. The first-order valence-corrected chi connectivity index (χ1v) is 11.4. The molecule has 1 N–H and O–H groups in total. The first-order chi connectivity index (χ1) is 15.1. The van der Waals surface area contributed by atoms with Gasteiger partial charge < -0.3 is 10.1 Å². The summed E-state index contributed by atoms with van der Waals surface area (Å²) in [6, 6.07) is 9.54. The van der Waals surface area contributed by atoms with E-state index < -0.39 is 32.5 Å². The van der Waals surface area contributed by atoms with Crippen molar-refractivity contribution < 1.29 is 27.7 Å². The highest BCUT2D eigenvalue weighted by molar-refractivity contribution is 7.89. The number of Topliss-reactive ketones (excluding diaryl/α,β-unsaturated/α-hetero) is 1. The number of nitrogens with zero attached hydrogens (tertiary/aromatic N) is 2. The molecule has 32 heavy (non-hydrogen) atoms. The van der Waals surface area contributed by atoms with Crippen molar-refractivity contribution >= 4 is 33.1 Å². The minimum Gasteiger partial charge on any atom is -0.475 e. The van der Waals surface area contributed by atoms with E-state index in [1.165, 1.54) is 42.4 Å². The van der Waals surface area contributed by atoms with Crippen LogP contribution in [-0.4, -0.2) is 48.5 Å². The molecule has 10 nitrogen and oxygen atoms in total. The zero-order valence-corrected chi connectivity index (χ0v) is 18.4. The van der Waals surface area contributed by atoms with Crippen LogP contribution in [0.25, 0.3) is 0 Å². The fraction of sp³-hybridized carbons (Fsp3) is 0.333. The van der Waals surface area contributed by atoms with Gasteiger partial charge in [0.25, 0.3) is 0 Å². The molecule has 0 saturated carbocycles. The topological polar surface area (TPSA) is 136 Å². The van der Waals surface area contributed by atoms with Crippen LogP contribution in [0.3, 0.4) is 0 Å². The molecule has 2 aromatic carbocycles. The molecule has 3 rings (SSSR count). The average Bonchev–Trinajstić information content (AvgIpc) is 3.29. The van der Waals surface area contributed by atoms with Crippen LogP contribution in [0.2, 0.25) is 0 Å². The smallest absolute Gasteiger partial charge is 0.312 e. The van der Waals surface area contributed by atoms with Gasteiger partial charge in [-0.15, -0.1) is 0 Å². The Morgan fingerprint density at radius 2 is 1.75 bits per heavy atom. The van der Waals surface area contributed by atoms with Crippen LogP contribution in [0.15, 0.2) is 47.4 Å². The minimum absolute atomic E-state index is 0.189. The Labute approximate surface area is 185 Å². The van der Waals surface area contributed by atoms with Crippen molar-refractivity contribution in [3.05, 3.63) is 58.1 Å². The van der Waals surface area contributed by atoms with Gasteiger partial charge in [0.1, 0.15) is 0 Å². The summed E-state index contributed by atoms with van der Waals surface area (Å²) in [7, 11) is -3.84. The van der Waals surface area contributed by atoms with E-state index in [9.17, 15) is 28.1 Å². The molecule has 1 aliphatic rings. The number of ether oxygens (including phenoxy) is 1. The predicted octanol–water partition coefficient (Wildman–Crippen LogP) is 2.99. The summed E-state index contributed by atoms with van der Waals surface area (Å²) in [5, 5.41) is 14.2. The van der Waals surface area contributed by atoms with Crippen molar-refractivity contribution in [1.29, 1.82) is 0 Å². The Balaban J connectivity index is 1.80. The molecule has 1 heterocycles. The lowest BCUT2D eigenvalue weighted by atomic mass is 10.1. The number of nitro benzene ring substituents is 1. The first kappa shape index (κ1) is 23.4. The van der Waals surface area contributed by atoms with Crippen LogP contribution in [-0.2, 0) is 14.8 Å². The molecule has 170 valence electrons. The molecule has 0 unspecified atom stereocenters. The number of carbonyl (C=O) groups is 2. The first-order valence-electron chi connectivity index (χ1n) is 9.96. The van der Waals surface area contributed by atoms with Gasteiger partial charge in [-0.25, -0.2) is 8.42 Å². The fourth-order valence-electron chi connectivity index (χ4n) is 3.38. The number of nitrogens with one attached hydrogen (secondary N) is 1. The highest BCUT2D eigenvalue weighted by Gasteiger charge is 2.30. The largest absolute Gasteiger partial charge is 0.475 e. The van der Waals surface area contributed by atoms with E-state index in [0.717, 1.165) is 18.9 Å². The highest BCUT2D eigenvalue weighted by atomic mass is 32.2. The molecule has 1 atom stereocenters. The van der Waals surface area contributed by atoms with E-state index in [0.29, 0.717) is 24.3 Å². The number of ketones is 1. The van der Waals surface area contributed by atoms with Crippen molar-refractivity contribution in [2.75, 3.05) is 18.4 Å². The zero-order chi connectivity index (χ0) is 23.5. The van der Waals surface area contributed by atoms with Gasteiger partial charge in [0, 0.05) is 37.3 Å². The summed E-state index contributed by atoms with van der Waals surface area (Å²) < 4.78 is 32.3. The van der Waals surface area contributed by atoms with Crippen molar-refractivity contribution in [1.82, 2.24) is 4.31 Å². The summed E-state index contributed by atoms with van der Waals surface area (Å²) in [6.07, 6.45) is 0.420. The van der Waals surface area contributed by atoms with Crippen molar-refractivity contribution in [2.24, 2.45) is 0 Å². The molecule has 1 fully saturated rings. The minimum atomic E-state index is -3.84. The number of sulfonamides is 1. The fourth-order valence-corrected chi connectivity index (χ4v) is 4.91. The third kappa shape index (κ3) is 5.11. The number of benzene rings is 2. The Bertz CT molecular complexity index is 1140. The molecule has 0 spiro atoms. The number of amides is 1. The molecular weight excluding hydrogens is 438 g/mol. The van der Waals surface area contributed by atoms with E-state index in [4.69, 9.17) is 4.74 Å². The standard InChI is InChI=1S/C21H23N3O7S/c1-14(21(26)16-5-7-17(8-6-16)22-15(2)25)31-20-10-9-18(13-19(20)24(27)28)32(29,30)23-11-3-4-12-23/h5-10,13-14H,3-4,11-12H2,1-2H3,(H,22,25)/t14-/m0/s1. The average molecular weight is 461 g/mol. The van der Waals surface area contributed by atoms with Crippen molar-refractivity contribution in [2.45, 2.75) is 37.7 Å². The van der Waals surface area contributed by atoms with Crippen LogP contribution in [0.5, 0.6) is 5.75 Å². The highest BCUT2D eigenvalue weighted by Crippen LogP contribution is 2.32. The second-order valence-corrected chi connectivity index (χ2v) is 9.32. The zero-order valence-electron chi connectivity index (χ0n) is 17.6. The summed E-state index contributed by atoms with van der Waals surface area (Å²) in [5.74, 6) is -0.878. The van der Waals surface area contributed by atoms with E-state index in [-0.39, 0.29) is 16.6 Å². The van der Waals surface area contributed by atoms with Crippen LogP contribution in [0, 0.1) is 10.1 Å². The van der Waals surface area contributed by atoms with Crippen molar-refractivity contribution in [3.8, 4) is 5.75 Å². The van der Waals surface area contributed by atoms with E-state index in [1.54, 1.807) is 12.1 Å². The molecule has 1 aliphatic heterocycles.